The minimum Gasteiger partial charge on any atom is -0.294 e. The lowest BCUT2D eigenvalue weighted by Crippen LogP contribution is -2.13. The Morgan fingerprint density at radius 3 is 2.67 bits per heavy atom. The van der Waals surface area contributed by atoms with Crippen molar-refractivity contribution in [3.05, 3.63) is 64.7 Å². The molecule has 0 bridgehead atoms. The molecule has 2 aromatic rings. The zero-order chi connectivity index (χ0) is 16.9. The molecule has 24 heavy (non-hydrogen) atoms. The number of hydrogen-bond donors (Lipinski definition) is 0. The van der Waals surface area contributed by atoms with Crippen molar-refractivity contribution in [1.29, 1.82) is 0 Å². The molecule has 0 fully saturated rings. The number of ketones is 1. The number of hydrogen-bond acceptors (Lipinski definition) is 1. The molecule has 0 radical (unpaired) electrons. The van der Waals surface area contributed by atoms with E-state index in [1.807, 2.05) is 6.07 Å². The average molecular weight is 316 g/mol. The van der Waals surface area contributed by atoms with E-state index in [9.17, 15) is 4.79 Å². The van der Waals surface area contributed by atoms with E-state index in [0.717, 1.165) is 24.8 Å². The van der Waals surface area contributed by atoms with Crippen LogP contribution in [-0.2, 0) is 12.8 Å². The highest BCUT2D eigenvalue weighted by molar-refractivity contribution is 6.08. The van der Waals surface area contributed by atoms with Gasteiger partial charge in [-0.25, -0.2) is 0 Å². The Labute approximate surface area is 144 Å². The molecule has 122 valence electrons. The molecule has 0 heterocycles. The number of allylic oxidation sites excluding steroid dienone is 4. The number of benzene rings is 2. The predicted octanol–water partition coefficient (Wildman–Crippen LogP) is 5.90. The van der Waals surface area contributed by atoms with Gasteiger partial charge in [-0.2, -0.15) is 0 Å². The molecule has 0 aliphatic heterocycles. The van der Waals surface area contributed by atoms with Crippen LogP contribution in [0.3, 0.4) is 0 Å². The first-order chi connectivity index (χ1) is 11.4. The summed E-state index contributed by atoms with van der Waals surface area (Å²) in [7, 11) is 0. The number of carbonyl (C=O) groups is 1. The van der Waals surface area contributed by atoms with Gasteiger partial charge >= 0.3 is 0 Å². The van der Waals surface area contributed by atoms with Gasteiger partial charge in [0, 0.05) is 12.0 Å². The van der Waals surface area contributed by atoms with Crippen molar-refractivity contribution in [2.45, 2.75) is 46.5 Å². The second kappa shape index (κ2) is 5.44. The maximum atomic E-state index is 12.9. The molecule has 0 amide bonds. The first-order valence-electron chi connectivity index (χ1n) is 8.92. The summed E-state index contributed by atoms with van der Waals surface area (Å²) < 4.78 is 0. The van der Waals surface area contributed by atoms with Gasteiger partial charge in [0.15, 0.2) is 5.78 Å². The topological polar surface area (TPSA) is 17.1 Å². The van der Waals surface area contributed by atoms with Crippen LogP contribution in [0.15, 0.2) is 42.5 Å². The van der Waals surface area contributed by atoms with E-state index >= 15 is 0 Å². The number of Topliss-reactive ketones (excluding diaryl/α,β-unsaturated/α-hetero) is 1. The first-order valence-corrected chi connectivity index (χ1v) is 8.92. The maximum Gasteiger partial charge on any atom is 0.163 e. The largest absolute Gasteiger partial charge is 0.294 e. The zero-order valence-electron chi connectivity index (χ0n) is 14.8. The Morgan fingerprint density at radius 2 is 1.88 bits per heavy atom. The molecule has 0 aromatic heterocycles. The molecule has 2 aliphatic carbocycles. The van der Waals surface area contributed by atoms with E-state index in [4.69, 9.17) is 0 Å². The fourth-order valence-corrected chi connectivity index (χ4v) is 3.91. The van der Waals surface area contributed by atoms with Gasteiger partial charge in [-0.1, -0.05) is 63.3 Å². The molecule has 0 spiro atoms. The zero-order valence-corrected chi connectivity index (χ0v) is 14.8. The fourth-order valence-electron chi connectivity index (χ4n) is 3.91. The molecule has 0 atom stereocenters. The van der Waals surface area contributed by atoms with Gasteiger partial charge in [0.1, 0.15) is 0 Å². The molecular weight excluding hydrogens is 292 g/mol. The van der Waals surface area contributed by atoms with Gasteiger partial charge in [0.25, 0.3) is 0 Å². The SMILES string of the molecule is CC(C)(C)CCC(=O)c1ccc2ccc3c4c2c1CC=C4C=CC3. The Bertz CT molecular complexity index is 904. The number of carbonyl (C=O) groups excluding carboxylic acids is 1. The van der Waals surface area contributed by atoms with Crippen LogP contribution in [0.2, 0.25) is 0 Å². The lowest BCUT2D eigenvalue weighted by molar-refractivity contribution is 0.0965. The van der Waals surface area contributed by atoms with Crippen molar-refractivity contribution >= 4 is 22.1 Å². The molecule has 1 nitrogen and oxygen atoms in total. The molecule has 0 saturated carbocycles. The average Bonchev–Trinajstić information content (AvgIpc) is 2.57. The lowest BCUT2D eigenvalue weighted by Gasteiger charge is -2.25. The van der Waals surface area contributed by atoms with Crippen LogP contribution in [0.1, 0.15) is 60.7 Å². The van der Waals surface area contributed by atoms with Crippen molar-refractivity contribution < 1.29 is 4.79 Å². The third-order valence-corrected chi connectivity index (χ3v) is 5.23. The van der Waals surface area contributed by atoms with Crippen LogP contribution < -0.4 is 0 Å². The van der Waals surface area contributed by atoms with E-state index in [-0.39, 0.29) is 5.41 Å². The summed E-state index contributed by atoms with van der Waals surface area (Å²) in [4.78, 5) is 12.9. The van der Waals surface area contributed by atoms with Gasteiger partial charge in [0.05, 0.1) is 0 Å². The third kappa shape index (κ3) is 2.53. The van der Waals surface area contributed by atoms with Gasteiger partial charge < -0.3 is 0 Å². The van der Waals surface area contributed by atoms with E-state index in [2.05, 4.69) is 57.2 Å². The van der Waals surface area contributed by atoms with E-state index in [1.165, 1.54) is 33.0 Å². The predicted molar refractivity (Wildman–Crippen MR) is 101 cm³/mol. The molecule has 2 aliphatic rings. The van der Waals surface area contributed by atoms with Crippen molar-refractivity contribution in [3.63, 3.8) is 0 Å². The highest BCUT2D eigenvalue weighted by Gasteiger charge is 2.23. The van der Waals surface area contributed by atoms with Crippen LogP contribution in [0.5, 0.6) is 0 Å². The Balaban J connectivity index is 1.83. The number of rotatable bonds is 3. The van der Waals surface area contributed by atoms with Crippen molar-refractivity contribution in [3.8, 4) is 0 Å². The minimum atomic E-state index is 0.195. The van der Waals surface area contributed by atoms with E-state index < -0.39 is 0 Å². The van der Waals surface area contributed by atoms with E-state index in [0.29, 0.717) is 12.2 Å². The standard InChI is InChI=1S/C23H24O/c1-23(2,3)14-13-20(24)18-11-9-17-8-7-15-5-4-6-16-10-12-19(18)22(17)21(15)16/h4,6-11H,5,12-14H2,1-3H3. The van der Waals surface area contributed by atoms with Gasteiger partial charge in [-0.3, -0.25) is 4.79 Å². The summed E-state index contributed by atoms with van der Waals surface area (Å²) in [5.74, 6) is 0.294. The smallest absolute Gasteiger partial charge is 0.163 e. The normalized spacial score (nSPS) is 15.5. The summed E-state index contributed by atoms with van der Waals surface area (Å²) in [6.45, 7) is 6.59. The van der Waals surface area contributed by atoms with Crippen molar-refractivity contribution in [2.75, 3.05) is 0 Å². The van der Waals surface area contributed by atoms with Gasteiger partial charge in [0.2, 0.25) is 0 Å². The molecule has 0 unspecified atom stereocenters. The van der Waals surface area contributed by atoms with Crippen LogP contribution in [0.4, 0.5) is 0 Å². The quantitative estimate of drug-likeness (QED) is 0.644. The summed E-state index contributed by atoms with van der Waals surface area (Å²) in [5, 5.41) is 2.58. The van der Waals surface area contributed by atoms with Crippen molar-refractivity contribution in [2.24, 2.45) is 5.41 Å². The first kappa shape index (κ1) is 15.4. The van der Waals surface area contributed by atoms with Gasteiger partial charge in [-0.15, -0.1) is 0 Å². The highest BCUT2D eigenvalue weighted by Crippen LogP contribution is 2.40. The summed E-state index contributed by atoms with van der Waals surface area (Å²) >= 11 is 0. The molecular formula is C23H24O. The summed E-state index contributed by atoms with van der Waals surface area (Å²) in [6.07, 6.45) is 10.2. The molecule has 0 saturated heterocycles. The van der Waals surface area contributed by atoms with E-state index in [1.54, 1.807) is 0 Å². The maximum absolute atomic E-state index is 12.9. The third-order valence-electron chi connectivity index (χ3n) is 5.23. The lowest BCUT2D eigenvalue weighted by atomic mass is 9.79. The monoisotopic (exact) mass is 316 g/mol. The van der Waals surface area contributed by atoms with Crippen LogP contribution in [0, 0.1) is 5.41 Å². The van der Waals surface area contributed by atoms with Crippen LogP contribution >= 0.6 is 0 Å². The summed E-state index contributed by atoms with van der Waals surface area (Å²) in [6, 6.07) is 8.63. The molecule has 4 rings (SSSR count). The Kier molecular flexibility index (Phi) is 3.49. The van der Waals surface area contributed by atoms with Crippen molar-refractivity contribution in [1.82, 2.24) is 0 Å². The highest BCUT2D eigenvalue weighted by atomic mass is 16.1. The fraction of sp³-hybridized carbons (Fsp3) is 0.348. The molecule has 1 heteroatoms. The second-order valence-corrected chi connectivity index (χ2v) is 8.24. The van der Waals surface area contributed by atoms with Crippen LogP contribution in [0.25, 0.3) is 16.3 Å². The molecule has 2 aromatic carbocycles. The second-order valence-electron chi connectivity index (χ2n) is 8.24. The Morgan fingerprint density at radius 1 is 1.08 bits per heavy atom. The molecule has 0 N–H and O–H groups in total. The van der Waals surface area contributed by atoms with Crippen LogP contribution in [-0.4, -0.2) is 5.78 Å². The summed E-state index contributed by atoms with van der Waals surface area (Å²) in [5.41, 5.74) is 6.44. The minimum absolute atomic E-state index is 0.195. The Hall–Kier alpha value is -2.15. The van der Waals surface area contributed by atoms with Gasteiger partial charge in [-0.05, 0) is 57.7 Å².